The number of benzene rings is 2. The molecule has 0 aliphatic rings. The van der Waals surface area contributed by atoms with Crippen LogP contribution in [0.25, 0.3) is 22.1 Å². The molecule has 0 atom stereocenters. The van der Waals surface area contributed by atoms with Gasteiger partial charge in [-0.2, -0.15) is 0 Å². The van der Waals surface area contributed by atoms with E-state index in [0.29, 0.717) is 27.4 Å². The quantitative estimate of drug-likeness (QED) is 0.505. The molecule has 0 bridgehead atoms. The van der Waals surface area contributed by atoms with Crippen molar-refractivity contribution in [1.82, 2.24) is 9.38 Å². The fourth-order valence-corrected chi connectivity index (χ4v) is 4.23. The minimum absolute atomic E-state index is 0.155. The van der Waals surface area contributed by atoms with Crippen LogP contribution in [0, 0.1) is 0 Å². The maximum Gasteiger partial charge on any atom is 0.341 e. The van der Waals surface area contributed by atoms with E-state index >= 15 is 0 Å². The molecule has 4 rings (SSSR count). The first kappa shape index (κ1) is 19.2. The van der Waals surface area contributed by atoms with Gasteiger partial charge in [-0.3, -0.25) is 4.79 Å². The zero-order chi connectivity index (χ0) is 20.5. The van der Waals surface area contributed by atoms with E-state index in [-0.39, 0.29) is 16.3 Å². The average molecular weight is 431 g/mol. The SMILES string of the molecule is CCOc1cc(C=c2sc3nc4ccccc4n3c2=O)cc(Cl)c1OCC(=O)O. The molecule has 2 aromatic carbocycles. The molecule has 0 spiro atoms. The minimum atomic E-state index is -1.12. The Hall–Kier alpha value is -3.10. The fourth-order valence-electron chi connectivity index (χ4n) is 2.97. The predicted molar refractivity (Wildman–Crippen MR) is 111 cm³/mol. The summed E-state index contributed by atoms with van der Waals surface area (Å²) in [5.74, 6) is -0.654. The second kappa shape index (κ2) is 7.73. The number of ether oxygens (including phenoxy) is 2. The number of hydrogen-bond donors (Lipinski definition) is 1. The van der Waals surface area contributed by atoms with Gasteiger partial charge in [-0.15, -0.1) is 0 Å². The Bertz CT molecular complexity index is 1340. The molecule has 9 heteroatoms. The highest BCUT2D eigenvalue weighted by atomic mass is 35.5. The average Bonchev–Trinajstić information content (AvgIpc) is 3.17. The summed E-state index contributed by atoms with van der Waals surface area (Å²) in [6, 6.07) is 10.7. The van der Waals surface area contributed by atoms with Crippen LogP contribution in [0.15, 0.2) is 41.2 Å². The summed E-state index contributed by atoms with van der Waals surface area (Å²) < 4.78 is 12.9. The van der Waals surface area contributed by atoms with E-state index in [1.807, 2.05) is 24.3 Å². The van der Waals surface area contributed by atoms with E-state index in [2.05, 4.69) is 4.98 Å². The molecule has 7 nitrogen and oxygen atoms in total. The van der Waals surface area contributed by atoms with Crippen LogP contribution in [0.4, 0.5) is 0 Å². The fraction of sp³-hybridized carbons (Fsp3) is 0.150. The lowest BCUT2D eigenvalue weighted by molar-refractivity contribution is -0.139. The van der Waals surface area contributed by atoms with Crippen LogP contribution in [0.1, 0.15) is 12.5 Å². The number of aliphatic carboxylic acids is 1. The third kappa shape index (κ3) is 3.64. The van der Waals surface area contributed by atoms with Crippen LogP contribution in [0.5, 0.6) is 11.5 Å². The van der Waals surface area contributed by atoms with E-state index < -0.39 is 12.6 Å². The predicted octanol–water partition coefficient (Wildman–Crippen LogP) is 2.97. The Morgan fingerprint density at radius 1 is 1.31 bits per heavy atom. The first-order valence-electron chi connectivity index (χ1n) is 8.70. The first-order chi connectivity index (χ1) is 14.0. The largest absolute Gasteiger partial charge is 0.490 e. The number of nitrogens with zero attached hydrogens (tertiary/aromatic N) is 2. The number of fused-ring (bicyclic) bond motifs is 3. The third-order valence-electron chi connectivity index (χ3n) is 4.11. The zero-order valence-corrected chi connectivity index (χ0v) is 16.8. The smallest absolute Gasteiger partial charge is 0.341 e. The molecular weight excluding hydrogens is 416 g/mol. The molecule has 148 valence electrons. The molecule has 0 amide bonds. The Balaban J connectivity index is 1.82. The molecular formula is C20H15ClN2O5S. The van der Waals surface area contributed by atoms with Gasteiger partial charge in [0.25, 0.3) is 5.56 Å². The molecule has 0 saturated heterocycles. The molecule has 29 heavy (non-hydrogen) atoms. The van der Waals surface area contributed by atoms with Crippen molar-refractivity contribution >= 4 is 51.0 Å². The number of carboxylic acid groups (broad SMARTS) is 1. The Labute approximate surface area is 173 Å². The molecule has 0 saturated carbocycles. The van der Waals surface area contributed by atoms with Crippen LogP contribution in [-0.2, 0) is 4.79 Å². The standard InChI is InChI=1S/C20H15ClN2O5S/c1-2-27-15-8-11(7-12(21)18(15)28-10-17(24)25)9-16-19(26)23-14-6-4-3-5-13(14)22-20(23)29-16/h3-9H,2,10H2,1H3,(H,24,25). The molecule has 0 aliphatic carbocycles. The van der Waals surface area contributed by atoms with Crippen molar-refractivity contribution < 1.29 is 19.4 Å². The van der Waals surface area contributed by atoms with Crippen molar-refractivity contribution in [3.8, 4) is 11.5 Å². The lowest BCUT2D eigenvalue weighted by atomic mass is 10.2. The van der Waals surface area contributed by atoms with Crippen molar-refractivity contribution in [1.29, 1.82) is 0 Å². The van der Waals surface area contributed by atoms with Gasteiger partial charge in [0.2, 0.25) is 0 Å². The molecule has 0 fully saturated rings. The maximum atomic E-state index is 12.9. The van der Waals surface area contributed by atoms with E-state index in [4.69, 9.17) is 26.2 Å². The molecule has 0 radical (unpaired) electrons. The minimum Gasteiger partial charge on any atom is -0.490 e. The molecule has 0 unspecified atom stereocenters. The Kier molecular flexibility index (Phi) is 5.12. The molecule has 2 heterocycles. The molecule has 0 aliphatic heterocycles. The summed E-state index contributed by atoms with van der Waals surface area (Å²) in [6.07, 6.45) is 1.70. The molecule has 4 aromatic rings. The number of carboxylic acids is 1. The van der Waals surface area contributed by atoms with Crippen LogP contribution < -0.4 is 19.6 Å². The summed E-state index contributed by atoms with van der Waals surface area (Å²) in [7, 11) is 0. The Morgan fingerprint density at radius 2 is 2.10 bits per heavy atom. The number of thiazole rings is 1. The second-order valence-electron chi connectivity index (χ2n) is 6.08. The normalized spacial score (nSPS) is 12.0. The zero-order valence-electron chi connectivity index (χ0n) is 15.2. The lowest BCUT2D eigenvalue weighted by Crippen LogP contribution is -2.22. The van der Waals surface area contributed by atoms with Gasteiger partial charge in [0.15, 0.2) is 23.1 Å². The van der Waals surface area contributed by atoms with E-state index in [9.17, 15) is 9.59 Å². The maximum absolute atomic E-state index is 12.9. The van der Waals surface area contributed by atoms with E-state index in [1.54, 1.807) is 29.5 Å². The van der Waals surface area contributed by atoms with Crippen molar-refractivity contribution in [2.24, 2.45) is 0 Å². The number of aromatic nitrogens is 2. The molecule has 1 N–H and O–H groups in total. The van der Waals surface area contributed by atoms with Gasteiger partial charge in [-0.05, 0) is 42.8 Å². The van der Waals surface area contributed by atoms with Gasteiger partial charge >= 0.3 is 5.97 Å². The van der Waals surface area contributed by atoms with E-state index in [1.165, 1.54) is 11.3 Å². The van der Waals surface area contributed by atoms with Crippen molar-refractivity contribution in [3.63, 3.8) is 0 Å². The number of halogens is 1. The van der Waals surface area contributed by atoms with Crippen LogP contribution in [0.2, 0.25) is 5.02 Å². The van der Waals surface area contributed by atoms with Gasteiger partial charge in [0, 0.05) is 0 Å². The number of para-hydroxylation sites is 2. The first-order valence-corrected chi connectivity index (χ1v) is 9.90. The van der Waals surface area contributed by atoms with Crippen LogP contribution >= 0.6 is 22.9 Å². The van der Waals surface area contributed by atoms with Crippen molar-refractivity contribution in [2.45, 2.75) is 6.92 Å². The number of carbonyl (C=O) groups is 1. The highest BCUT2D eigenvalue weighted by Gasteiger charge is 2.15. The van der Waals surface area contributed by atoms with Crippen LogP contribution in [-0.4, -0.2) is 33.7 Å². The van der Waals surface area contributed by atoms with Crippen LogP contribution in [0.3, 0.4) is 0 Å². The number of imidazole rings is 1. The van der Waals surface area contributed by atoms with E-state index in [0.717, 1.165) is 11.0 Å². The van der Waals surface area contributed by atoms with Crippen molar-refractivity contribution in [3.05, 3.63) is 61.9 Å². The highest BCUT2D eigenvalue weighted by Crippen LogP contribution is 2.37. The van der Waals surface area contributed by atoms with Gasteiger partial charge in [-0.25, -0.2) is 14.2 Å². The summed E-state index contributed by atoms with van der Waals surface area (Å²) in [5, 5.41) is 9.03. The van der Waals surface area contributed by atoms with Gasteiger partial charge in [0.1, 0.15) is 0 Å². The summed E-state index contributed by atoms with van der Waals surface area (Å²) in [6.45, 7) is 1.60. The lowest BCUT2D eigenvalue weighted by Gasteiger charge is -2.13. The summed E-state index contributed by atoms with van der Waals surface area (Å²) in [5.41, 5.74) is 1.99. The number of rotatable bonds is 6. The Morgan fingerprint density at radius 3 is 2.86 bits per heavy atom. The third-order valence-corrected chi connectivity index (χ3v) is 5.36. The number of hydrogen-bond acceptors (Lipinski definition) is 6. The topological polar surface area (TPSA) is 90.1 Å². The highest BCUT2D eigenvalue weighted by molar-refractivity contribution is 7.15. The van der Waals surface area contributed by atoms with Gasteiger partial charge in [0.05, 0.1) is 27.2 Å². The second-order valence-corrected chi connectivity index (χ2v) is 7.50. The van der Waals surface area contributed by atoms with Gasteiger partial charge in [-0.1, -0.05) is 35.1 Å². The monoisotopic (exact) mass is 430 g/mol. The van der Waals surface area contributed by atoms with Gasteiger partial charge < -0.3 is 14.6 Å². The summed E-state index contributed by atoms with van der Waals surface area (Å²) >= 11 is 7.56. The summed E-state index contributed by atoms with van der Waals surface area (Å²) in [4.78, 5) is 28.8. The van der Waals surface area contributed by atoms with Crippen molar-refractivity contribution in [2.75, 3.05) is 13.2 Å². The molecule has 2 aromatic heterocycles.